The molecule has 3 aromatic carbocycles. The van der Waals surface area contributed by atoms with Crippen molar-refractivity contribution in [1.82, 2.24) is 17.9 Å². The van der Waals surface area contributed by atoms with Gasteiger partial charge in [-0.1, -0.05) is 183 Å². The normalized spacial score (nSPS) is 15.6. The van der Waals surface area contributed by atoms with E-state index in [2.05, 4.69) is 60.4 Å². The summed E-state index contributed by atoms with van der Waals surface area (Å²) in [5.41, 5.74) is 7.44. The minimum Gasteiger partial charge on any atom is -0.337 e. The number of fused-ring (bicyclic) bond motifs is 16. The summed E-state index contributed by atoms with van der Waals surface area (Å²) in [5, 5.41) is 23.0. The lowest BCUT2D eigenvalue weighted by molar-refractivity contribution is 0.103. The minimum atomic E-state index is -1.18. The number of thiophene rings is 4. The zero-order valence-corrected chi connectivity index (χ0v) is 62.9. The van der Waals surface area contributed by atoms with Gasteiger partial charge in [0.05, 0.1) is 87.3 Å². The van der Waals surface area contributed by atoms with Gasteiger partial charge in [-0.3, -0.25) is 9.59 Å². The highest BCUT2D eigenvalue weighted by molar-refractivity contribution is 7.34. The van der Waals surface area contributed by atoms with Crippen LogP contribution in [-0.2, 0) is 25.9 Å². The van der Waals surface area contributed by atoms with Crippen molar-refractivity contribution in [3.63, 3.8) is 0 Å². The molecule has 0 radical (unpaired) electrons. The maximum absolute atomic E-state index is 15.2. The number of unbranched alkanes of at least 4 members (excludes halogenated alkanes) is 18. The molecule has 0 saturated carbocycles. The highest BCUT2D eigenvalue weighted by atomic mass is 32.1. The first-order chi connectivity index (χ1) is 49.2. The van der Waals surface area contributed by atoms with E-state index in [-0.39, 0.29) is 67.8 Å². The number of rotatable bonds is 34. The fourth-order valence-corrected chi connectivity index (χ4v) is 22.1. The number of aromatic nitrogens is 4. The van der Waals surface area contributed by atoms with E-state index in [4.69, 9.17) is 21.9 Å². The molecule has 10 nitrogen and oxygen atoms in total. The smallest absolute Gasteiger partial charge is 0.270 e. The van der Waals surface area contributed by atoms with E-state index in [0.717, 1.165) is 220 Å². The third-order valence-electron chi connectivity index (χ3n) is 21.1. The van der Waals surface area contributed by atoms with Crippen molar-refractivity contribution >= 4 is 164 Å². The number of allylic oxidation sites excluding steroid dienone is 6. The predicted octanol–water partition coefficient (Wildman–Crippen LogP) is 26.5. The first-order valence-corrected chi connectivity index (χ1v) is 40.8. The number of hydrogen-bond acceptors (Lipinski definition) is 11. The largest absolute Gasteiger partial charge is 0.337 e. The molecule has 2 unspecified atom stereocenters. The third kappa shape index (κ3) is 14.0. The number of nitrogens with zero attached hydrogens (tertiary/aromatic N) is 8. The van der Waals surface area contributed by atoms with Crippen molar-refractivity contribution in [2.75, 3.05) is 0 Å². The number of aryl methyl sites for hydroxylation is 2. The van der Waals surface area contributed by atoms with E-state index in [0.29, 0.717) is 25.9 Å². The second kappa shape index (κ2) is 32.8. The van der Waals surface area contributed by atoms with Crippen LogP contribution in [0.5, 0.6) is 0 Å². The molecule has 0 N–H and O–H groups in total. The summed E-state index contributed by atoms with van der Waals surface area (Å²) in [4.78, 5) is 38.2. The number of carbonyl (C=O) groups excluding carboxylic acids is 2. The molecule has 0 saturated heterocycles. The van der Waals surface area contributed by atoms with Crippen molar-refractivity contribution in [2.24, 2.45) is 11.8 Å². The van der Waals surface area contributed by atoms with Gasteiger partial charge in [0, 0.05) is 67.0 Å². The average Bonchev–Trinajstić information content (AvgIpc) is 1.51. The quantitative estimate of drug-likeness (QED) is 0.0130. The van der Waals surface area contributed by atoms with Crippen LogP contribution in [0.15, 0.2) is 46.8 Å². The fraction of sp³-hybridized carbons (Fsp3) is 0.463. The van der Waals surface area contributed by atoms with Gasteiger partial charge in [-0.15, -0.1) is 45.3 Å². The van der Waals surface area contributed by atoms with Crippen LogP contribution in [0.2, 0.25) is 0 Å². The van der Waals surface area contributed by atoms with Crippen LogP contribution in [-0.4, -0.2) is 29.4 Å². The number of carbonyl (C=O) groups is 2. The number of hydrogen-bond donors (Lipinski definition) is 0. The van der Waals surface area contributed by atoms with Crippen LogP contribution < -0.4 is 0 Å². The number of halogens is 4. The van der Waals surface area contributed by atoms with E-state index in [1.54, 1.807) is 57.5 Å². The molecule has 0 amide bonds. The van der Waals surface area contributed by atoms with E-state index >= 15 is 17.6 Å². The molecule has 524 valence electrons. The number of Topliss-reactive ketones (excluding diaryl/α,β-unsaturated/α-hetero) is 2. The molecular weight excluding hydrogens is 1370 g/mol. The molecule has 10 aromatic rings. The van der Waals surface area contributed by atoms with Gasteiger partial charge in [0.25, 0.3) is 11.4 Å². The summed E-state index contributed by atoms with van der Waals surface area (Å²) in [6, 6.07) is 7.59. The first-order valence-electron chi connectivity index (χ1n) is 36.8. The molecule has 2 atom stereocenters. The molecule has 0 fully saturated rings. The first kappa shape index (κ1) is 73.1. The maximum Gasteiger partial charge on any atom is 0.270 e. The lowest BCUT2D eigenvalue weighted by Gasteiger charge is -2.20. The summed E-state index contributed by atoms with van der Waals surface area (Å²) in [6.07, 6.45) is 33.5. The standard InChI is InChI=1S/C82H86F4N8O2S5/c1-9-15-19-21-23-25-27-29-31-35-49-63(41-55-65(61(43-87)89-7)51-37-57(83)59(85)39-53(51)75(55)95)97-81-73-79(99-77(49)81)67-69-70(92-101-91-69)68-72(71(67)93(73)45-47(13-5)33-17-11-3)94(46-48(14-6)34-18-12-4)74-80(68)100-78-50(36-32-30-28-26-24-22-20-16-10-2)64(98-82(74)78)42-56-66(62(44-88)90-8)52-38-58(84)60(86)40-54(52)76(56)96/h37-42,47-48H,9-36,45-46H2,1-6H3/b55-41-,56-42-,65-61-,66-62+. The van der Waals surface area contributed by atoms with Crippen LogP contribution in [0.25, 0.3) is 105 Å². The van der Waals surface area contributed by atoms with Gasteiger partial charge < -0.3 is 9.13 Å². The molecule has 101 heavy (non-hydrogen) atoms. The molecule has 0 aliphatic heterocycles. The lowest BCUT2D eigenvalue weighted by Crippen LogP contribution is -2.13. The van der Waals surface area contributed by atoms with Crippen LogP contribution in [0.1, 0.15) is 261 Å². The Morgan fingerprint density at radius 2 is 0.822 bits per heavy atom. The van der Waals surface area contributed by atoms with Gasteiger partial charge in [-0.25, -0.2) is 37.8 Å². The van der Waals surface area contributed by atoms with Crippen LogP contribution in [0.4, 0.5) is 17.6 Å². The molecule has 2 aliphatic carbocycles. The van der Waals surface area contributed by atoms with Crippen molar-refractivity contribution in [1.29, 1.82) is 10.5 Å². The highest BCUT2D eigenvalue weighted by Gasteiger charge is 2.38. The van der Waals surface area contributed by atoms with Crippen LogP contribution in [0, 0.1) is 70.9 Å². The van der Waals surface area contributed by atoms with Crippen molar-refractivity contribution in [2.45, 2.75) is 234 Å². The molecule has 7 aromatic heterocycles. The Balaban J connectivity index is 1.14. The van der Waals surface area contributed by atoms with Gasteiger partial charge in [-0.05, 0) is 109 Å². The van der Waals surface area contributed by atoms with Crippen molar-refractivity contribution < 1.29 is 27.2 Å². The van der Waals surface area contributed by atoms with Gasteiger partial charge in [0.2, 0.25) is 0 Å². The summed E-state index contributed by atoms with van der Waals surface area (Å²) in [5.74, 6) is -5.27. The van der Waals surface area contributed by atoms with Crippen LogP contribution >= 0.6 is 57.1 Å². The second-order valence-electron chi connectivity index (χ2n) is 27.7. The Kier molecular flexibility index (Phi) is 23.7. The molecule has 0 bridgehead atoms. The number of benzene rings is 3. The fourth-order valence-electron chi connectivity index (χ4n) is 15.6. The Labute approximate surface area is 609 Å². The zero-order chi connectivity index (χ0) is 71.2. The van der Waals surface area contributed by atoms with Gasteiger partial charge in [0.15, 0.2) is 34.8 Å². The second-order valence-corrected chi connectivity index (χ2v) is 32.4. The van der Waals surface area contributed by atoms with Gasteiger partial charge in [-0.2, -0.15) is 8.75 Å². The third-order valence-corrected chi connectivity index (χ3v) is 26.8. The Bertz CT molecular complexity index is 4830. The lowest BCUT2D eigenvalue weighted by atomic mass is 9.98. The summed E-state index contributed by atoms with van der Waals surface area (Å²) >= 11 is 7.91. The zero-order valence-electron chi connectivity index (χ0n) is 58.8. The van der Waals surface area contributed by atoms with E-state index < -0.39 is 34.8 Å². The number of nitriles is 2. The maximum atomic E-state index is 15.2. The van der Waals surface area contributed by atoms with Crippen LogP contribution in [0.3, 0.4) is 0 Å². The topological polar surface area (TPSA) is 126 Å². The molecule has 12 rings (SSSR count). The average molecular weight is 1450 g/mol. The molecular formula is C82H86F4N8O2S5. The predicted molar refractivity (Wildman–Crippen MR) is 414 cm³/mol. The summed E-state index contributed by atoms with van der Waals surface area (Å²) < 4.78 is 83.0. The van der Waals surface area contributed by atoms with Crippen molar-refractivity contribution in [3.05, 3.63) is 136 Å². The SMILES string of the molecule is [C-]#[N+]/C(C#N)=C1\C(=C\c2sc3c(sc4c5c6nsnc6c6c7sc8c(CCCCCCCCCCC)c(/C=C9\C(=O)c%10cc(F)c(F)cc%10\C9=C(\C#N)[N+]#[C-])sc8c7n(CC(CC)CCCC)c6c5n(CC(CC)CCCC)c34)c2CCCCCCCCCCC)C(=O)c2cc(F)c(F)cc21. The summed E-state index contributed by atoms with van der Waals surface area (Å²) in [6.45, 7) is 31.1. The summed E-state index contributed by atoms with van der Waals surface area (Å²) in [7, 11) is 0. The van der Waals surface area contributed by atoms with Gasteiger partial charge >= 0.3 is 0 Å². The van der Waals surface area contributed by atoms with E-state index in [1.807, 2.05) is 12.1 Å². The van der Waals surface area contributed by atoms with Gasteiger partial charge in [0.1, 0.15) is 11.0 Å². The minimum absolute atomic E-state index is 0.0130. The molecule has 2 aliphatic rings. The Hall–Kier alpha value is -7.62. The molecule has 0 spiro atoms. The molecule has 7 heterocycles. The Morgan fingerprint density at radius 3 is 1.16 bits per heavy atom. The van der Waals surface area contributed by atoms with Crippen molar-refractivity contribution in [3.8, 4) is 12.1 Å². The highest BCUT2D eigenvalue weighted by Crippen LogP contribution is 2.56. The number of ketones is 2. The molecule has 19 heteroatoms. The van der Waals surface area contributed by atoms with E-state index in [9.17, 15) is 20.1 Å². The monoisotopic (exact) mass is 1450 g/mol. The van der Waals surface area contributed by atoms with E-state index in [1.165, 1.54) is 75.9 Å². The Morgan fingerprint density at radius 1 is 0.475 bits per heavy atom.